The Morgan fingerprint density at radius 2 is 1.95 bits per heavy atom. The molecular formula is C15H33N3O3. The highest BCUT2D eigenvalue weighted by atomic mass is 16.5. The minimum absolute atomic E-state index is 0.0474. The van der Waals surface area contributed by atoms with Gasteiger partial charge in [-0.15, -0.1) is 0 Å². The lowest BCUT2D eigenvalue weighted by molar-refractivity contribution is -0.120. The number of carbonyl (C=O) groups excluding carboxylic acids is 1. The van der Waals surface area contributed by atoms with Gasteiger partial charge in [-0.25, -0.2) is 0 Å². The molecule has 0 rings (SSSR count). The van der Waals surface area contributed by atoms with Crippen LogP contribution in [0.15, 0.2) is 0 Å². The highest BCUT2D eigenvalue weighted by Gasteiger charge is 2.19. The van der Waals surface area contributed by atoms with Gasteiger partial charge in [0.1, 0.15) is 0 Å². The number of hydrogen-bond acceptors (Lipinski definition) is 5. The Morgan fingerprint density at radius 1 is 1.33 bits per heavy atom. The molecule has 3 N–H and O–H groups in total. The summed E-state index contributed by atoms with van der Waals surface area (Å²) in [5.74, 6) is -0.0474. The van der Waals surface area contributed by atoms with Crippen LogP contribution >= 0.6 is 0 Å². The van der Waals surface area contributed by atoms with Crippen LogP contribution in [-0.4, -0.2) is 74.0 Å². The first-order chi connectivity index (χ1) is 9.67. The van der Waals surface area contributed by atoms with Gasteiger partial charge in [0.2, 0.25) is 5.91 Å². The van der Waals surface area contributed by atoms with Crippen LogP contribution in [0.3, 0.4) is 0 Å². The number of likely N-dealkylation sites (N-methyl/N-ethyl adjacent to an activating group) is 1. The SMILES string of the molecule is CCC(C(O)COCCNC(=O)CNC(C)(C)C)N(C)C. The number of aliphatic hydroxyl groups excluding tert-OH is 1. The summed E-state index contributed by atoms with van der Waals surface area (Å²) < 4.78 is 5.41. The molecule has 0 aliphatic carbocycles. The van der Waals surface area contributed by atoms with E-state index in [1.807, 2.05) is 46.7 Å². The number of aliphatic hydroxyl groups is 1. The largest absolute Gasteiger partial charge is 0.389 e. The van der Waals surface area contributed by atoms with Crippen molar-refractivity contribution in [2.45, 2.75) is 51.8 Å². The first-order valence-corrected chi connectivity index (χ1v) is 7.61. The molecule has 0 aliphatic rings. The fourth-order valence-corrected chi connectivity index (χ4v) is 1.97. The maximum absolute atomic E-state index is 11.5. The van der Waals surface area contributed by atoms with E-state index in [2.05, 4.69) is 10.6 Å². The van der Waals surface area contributed by atoms with Crippen molar-refractivity contribution >= 4 is 5.91 Å². The molecule has 0 saturated carbocycles. The lowest BCUT2D eigenvalue weighted by Crippen LogP contribution is -2.44. The fourth-order valence-electron chi connectivity index (χ4n) is 1.97. The second-order valence-electron chi connectivity index (χ2n) is 6.53. The third-order valence-electron chi connectivity index (χ3n) is 3.16. The topological polar surface area (TPSA) is 73.8 Å². The summed E-state index contributed by atoms with van der Waals surface area (Å²) in [4.78, 5) is 13.5. The van der Waals surface area contributed by atoms with E-state index < -0.39 is 6.10 Å². The molecule has 0 heterocycles. The van der Waals surface area contributed by atoms with E-state index in [9.17, 15) is 9.90 Å². The zero-order chi connectivity index (χ0) is 16.5. The minimum Gasteiger partial charge on any atom is -0.389 e. The van der Waals surface area contributed by atoms with Crippen molar-refractivity contribution in [3.8, 4) is 0 Å². The van der Waals surface area contributed by atoms with Crippen molar-refractivity contribution in [2.75, 3.05) is 40.4 Å². The van der Waals surface area contributed by atoms with Crippen molar-refractivity contribution in [1.82, 2.24) is 15.5 Å². The first-order valence-electron chi connectivity index (χ1n) is 7.61. The Bertz CT molecular complexity index is 290. The number of carbonyl (C=O) groups is 1. The van der Waals surface area contributed by atoms with Crippen molar-refractivity contribution in [3.63, 3.8) is 0 Å². The second-order valence-corrected chi connectivity index (χ2v) is 6.53. The van der Waals surface area contributed by atoms with Gasteiger partial charge < -0.3 is 25.4 Å². The number of ether oxygens (including phenoxy) is 1. The van der Waals surface area contributed by atoms with E-state index in [0.717, 1.165) is 6.42 Å². The van der Waals surface area contributed by atoms with Gasteiger partial charge in [-0.2, -0.15) is 0 Å². The molecule has 0 fully saturated rings. The van der Waals surface area contributed by atoms with Gasteiger partial charge in [-0.1, -0.05) is 6.92 Å². The van der Waals surface area contributed by atoms with Crippen LogP contribution in [-0.2, 0) is 9.53 Å². The van der Waals surface area contributed by atoms with Crippen LogP contribution in [0.1, 0.15) is 34.1 Å². The summed E-state index contributed by atoms with van der Waals surface area (Å²) in [5.41, 5.74) is -0.0701. The monoisotopic (exact) mass is 303 g/mol. The normalized spacial score (nSPS) is 15.0. The molecular weight excluding hydrogens is 270 g/mol. The van der Waals surface area contributed by atoms with Gasteiger partial charge in [0.25, 0.3) is 0 Å². The zero-order valence-corrected chi connectivity index (χ0v) is 14.4. The zero-order valence-electron chi connectivity index (χ0n) is 14.4. The van der Waals surface area contributed by atoms with E-state index in [0.29, 0.717) is 19.7 Å². The first kappa shape index (κ1) is 20.3. The average Bonchev–Trinajstić information content (AvgIpc) is 2.35. The van der Waals surface area contributed by atoms with E-state index in [-0.39, 0.29) is 24.1 Å². The van der Waals surface area contributed by atoms with Gasteiger partial charge in [-0.3, -0.25) is 4.79 Å². The van der Waals surface area contributed by atoms with Gasteiger partial charge in [-0.05, 0) is 41.3 Å². The van der Waals surface area contributed by atoms with Gasteiger partial charge in [0.15, 0.2) is 0 Å². The standard InChI is InChI=1S/C15H33N3O3/c1-7-12(18(5)6)13(19)11-21-9-8-16-14(20)10-17-15(2,3)4/h12-13,17,19H,7-11H2,1-6H3,(H,16,20). The molecule has 2 unspecified atom stereocenters. The molecule has 0 saturated heterocycles. The molecule has 0 aliphatic heterocycles. The van der Waals surface area contributed by atoms with Crippen molar-refractivity contribution in [2.24, 2.45) is 0 Å². The molecule has 0 aromatic rings. The summed E-state index contributed by atoms with van der Waals surface area (Å²) in [7, 11) is 3.89. The van der Waals surface area contributed by atoms with Gasteiger partial charge >= 0.3 is 0 Å². The van der Waals surface area contributed by atoms with Crippen LogP contribution in [0, 0.1) is 0 Å². The Morgan fingerprint density at radius 3 is 2.43 bits per heavy atom. The molecule has 0 radical (unpaired) electrons. The number of nitrogens with zero attached hydrogens (tertiary/aromatic N) is 1. The van der Waals surface area contributed by atoms with Crippen LogP contribution in [0.5, 0.6) is 0 Å². The summed E-state index contributed by atoms with van der Waals surface area (Å²) in [5, 5.41) is 15.9. The summed E-state index contributed by atoms with van der Waals surface area (Å²) in [6, 6.07) is 0.0931. The predicted octanol–water partition coefficient (Wildman–Crippen LogP) is 0.208. The maximum atomic E-state index is 11.5. The summed E-state index contributed by atoms with van der Waals surface area (Å²) in [6.45, 7) is 9.52. The lowest BCUT2D eigenvalue weighted by Gasteiger charge is -2.27. The van der Waals surface area contributed by atoms with Crippen LogP contribution in [0.4, 0.5) is 0 Å². The Hall–Kier alpha value is -0.690. The molecule has 126 valence electrons. The third-order valence-corrected chi connectivity index (χ3v) is 3.16. The lowest BCUT2D eigenvalue weighted by atomic mass is 10.1. The predicted molar refractivity (Wildman–Crippen MR) is 85.4 cm³/mol. The molecule has 2 atom stereocenters. The van der Waals surface area contributed by atoms with Crippen LogP contribution in [0.2, 0.25) is 0 Å². The maximum Gasteiger partial charge on any atom is 0.234 e. The van der Waals surface area contributed by atoms with Gasteiger partial charge in [0.05, 0.1) is 25.9 Å². The number of hydrogen-bond donors (Lipinski definition) is 3. The molecule has 6 heteroatoms. The number of amides is 1. The summed E-state index contributed by atoms with van der Waals surface area (Å²) in [6.07, 6.45) is 0.357. The summed E-state index contributed by atoms with van der Waals surface area (Å²) >= 11 is 0. The van der Waals surface area contributed by atoms with Crippen molar-refractivity contribution < 1.29 is 14.6 Å². The number of nitrogens with one attached hydrogen (secondary N) is 2. The van der Waals surface area contributed by atoms with Crippen molar-refractivity contribution in [3.05, 3.63) is 0 Å². The van der Waals surface area contributed by atoms with E-state index >= 15 is 0 Å². The van der Waals surface area contributed by atoms with Crippen LogP contribution in [0.25, 0.3) is 0 Å². The second kappa shape index (κ2) is 10.1. The smallest absolute Gasteiger partial charge is 0.234 e. The third kappa shape index (κ3) is 10.6. The van der Waals surface area contributed by atoms with Crippen LogP contribution < -0.4 is 10.6 Å². The molecule has 0 spiro atoms. The Labute approximate surface area is 129 Å². The highest BCUT2D eigenvalue weighted by molar-refractivity contribution is 5.78. The molecule has 0 aromatic heterocycles. The van der Waals surface area contributed by atoms with E-state index in [4.69, 9.17) is 4.74 Å². The highest BCUT2D eigenvalue weighted by Crippen LogP contribution is 2.05. The van der Waals surface area contributed by atoms with Crippen molar-refractivity contribution in [1.29, 1.82) is 0 Å². The minimum atomic E-state index is -0.511. The molecule has 21 heavy (non-hydrogen) atoms. The molecule has 6 nitrogen and oxygen atoms in total. The van der Waals surface area contributed by atoms with Gasteiger partial charge in [0, 0.05) is 18.1 Å². The number of rotatable bonds is 10. The molecule has 0 aromatic carbocycles. The Balaban J connectivity index is 3.70. The average molecular weight is 303 g/mol. The quantitative estimate of drug-likeness (QED) is 0.503. The fraction of sp³-hybridized carbons (Fsp3) is 0.933. The molecule has 0 bridgehead atoms. The Kier molecular flexibility index (Phi) is 9.77. The van der Waals surface area contributed by atoms with E-state index in [1.165, 1.54) is 0 Å². The molecule has 1 amide bonds. The van der Waals surface area contributed by atoms with E-state index in [1.54, 1.807) is 0 Å².